The molecule has 1 N–H and O–H groups in total. The summed E-state index contributed by atoms with van der Waals surface area (Å²) in [6.07, 6.45) is 1.12. The average Bonchev–Trinajstić information content (AvgIpc) is 2.83. The van der Waals surface area contributed by atoms with Gasteiger partial charge in [0, 0.05) is 0 Å². The number of carboxylic acids is 1. The Morgan fingerprint density at radius 1 is 1.56 bits per heavy atom. The number of aromatic nitrogens is 3. The fourth-order valence-electron chi connectivity index (χ4n) is 1.58. The SMILES string of the molecule is Cc1nn(-c2ncc([N+](=O)[O-])s2)c(C)c1C(=O)O. The van der Waals surface area contributed by atoms with Crippen LogP contribution >= 0.6 is 11.3 Å². The van der Waals surface area contributed by atoms with Crippen LogP contribution in [0.15, 0.2) is 6.20 Å². The van der Waals surface area contributed by atoms with E-state index >= 15 is 0 Å². The summed E-state index contributed by atoms with van der Waals surface area (Å²) in [5, 5.41) is 23.8. The van der Waals surface area contributed by atoms with Crippen molar-refractivity contribution in [1.29, 1.82) is 0 Å². The first-order chi connectivity index (χ1) is 8.41. The molecule has 0 fully saturated rings. The van der Waals surface area contributed by atoms with Crippen molar-refractivity contribution in [1.82, 2.24) is 14.8 Å². The number of rotatable bonds is 3. The van der Waals surface area contributed by atoms with Crippen LogP contribution in [-0.2, 0) is 0 Å². The second kappa shape index (κ2) is 4.18. The summed E-state index contributed by atoms with van der Waals surface area (Å²) in [5.41, 5.74) is 0.829. The standard InChI is InChI=1S/C9H8N4O4S/c1-4-7(8(14)15)5(2)12(11-4)9-10-3-6(18-9)13(16)17/h3H,1-2H3,(H,14,15). The van der Waals surface area contributed by atoms with Crippen molar-refractivity contribution in [3.8, 4) is 5.13 Å². The monoisotopic (exact) mass is 268 g/mol. The van der Waals surface area contributed by atoms with Gasteiger partial charge in [-0.3, -0.25) is 10.1 Å². The maximum atomic E-state index is 11.0. The summed E-state index contributed by atoms with van der Waals surface area (Å²) in [6.45, 7) is 3.14. The number of hydrogen-bond acceptors (Lipinski definition) is 6. The van der Waals surface area contributed by atoms with E-state index in [2.05, 4.69) is 10.1 Å². The largest absolute Gasteiger partial charge is 0.478 e. The van der Waals surface area contributed by atoms with Crippen molar-refractivity contribution in [2.45, 2.75) is 13.8 Å². The molecule has 2 rings (SSSR count). The molecule has 0 saturated heterocycles. The third-order valence-electron chi connectivity index (χ3n) is 2.35. The lowest BCUT2D eigenvalue weighted by molar-refractivity contribution is -0.380. The highest BCUT2D eigenvalue weighted by Gasteiger charge is 2.21. The van der Waals surface area contributed by atoms with Crippen LogP contribution in [0.25, 0.3) is 5.13 Å². The maximum absolute atomic E-state index is 11.0. The van der Waals surface area contributed by atoms with Crippen LogP contribution in [0.4, 0.5) is 5.00 Å². The molecule has 0 aliphatic rings. The first-order valence-corrected chi connectivity index (χ1v) is 5.63. The van der Waals surface area contributed by atoms with Crippen molar-refractivity contribution in [3.63, 3.8) is 0 Å². The van der Waals surface area contributed by atoms with Crippen molar-refractivity contribution < 1.29 is 14.8 Å². The van der Waals surface area contributed by atoms with E-state index in [1.54, 1.807) is 13.8 Å². The lowest BCUT2D eigenvalue weighted by Gasteiger charge is -1.97. The number of aromatic carboxylic acids is 1. The van der Waals surface area contributed by atoms with Crippen LogP contribution in [0, 0.1) is 24.0 Å². The van der Waals surface area contributed by atoms with Gasteiger partial charge in [0.05, 0.1) is 16.3 Å². The number of carboxylic acid groups (broad SMARTS) is 1. The van der Waals surface area contributed by atoms with Crippen molar-refractivity contribution in [2.75, 3.05) is 0 Å². The van der Waals surface area contributed by atoms with E-state index in [9.17, 15) is 14.9 Å². The zero-order valence-electron chi connectivity index (χ0n) is 9.45. The highest BCUT2D eigenvalue weighted by atomic mass is 32.1. The summed E-state index contributed by atoms with van der Waals surface area (Å²) in [4.78, 5) is 24.9. The first kappa shape index (κ1) is 12.2. The topological polar surface area (TPSA) is 111 Å². The molecule has 0 saturated carbocycles. The fourth-order valence-corrected chi connectivity index (χ4v) is 2.31. The Hall–Kier alpha value is -2.29. The van der Waals surface area contributed by atoms with Gasteiger partial charge in [-0.1, -0.05) is 0 Å². The van der Waals surface area contributed by atoms with Gasteiger partial charge in [-0.05, 0) is 25.2 Å². The lowest BCUT2D eigenvalue weighted by Crippen LogP contribution is -2.02. The molecule has 0 aliphatic carbocycles. The number of hydrogen-bond donors (Lipinski definition) is 1. The minimum Gasteiger partial charge on any atom is -0.478 e. The number of nitro groups is 1. The van der Waals surface area contributed by atoms with E-state index in [4.69, 9.17) is 5.11 Å². The van der Waals surface area contributed by atoms with Gasteiger partial charge >= 0.3 is 11.0 Å². The highest BCUT2D eigenvalue weighted by Crippen LogP contribution is 2.26. The van der Waals surface area contributed by atoms with Gasteiger partial charge in [-0.2, -0.15) is 5.10 Å². The van der Waals surface area contributed by atoms with E-state index < -0.39 is 10.9 Å². The minimum absolute atomic E-state index is 0.0906. The second-order valence-corrected chi connectivity index (χ2v) is 4.49. The summed E-state index contributed by atoms with van der Waals surface area (Å²) in [7, 11) is 0. The summed E-state index contributed by atoms with van der Waals surface area (Å²) >= 11 is 0.839. The molecule has 0 amide bonds. The Balaban J connectivity index is 2.54. The van der Waals surface area contributed by atoms with Gasteiger partial charge < -0.3 is 5.11 Å². The zero-order valence-corrected chi connectivity index (χ0v) is 10.3. The smallest absolute Gasteiger partial charge is 0.345 e. The molecule has 0 spiro atoms. The Bertz CT molecular complexity index is 645. The summed E-state index contributed by atoms with van der Waals surface area (Å²) < 4.78 is 1.30. The normalized spacial score (nSPS) is 10.6. The van der Waals surface area contributed by atoms with E-state index in [0.29, 0.717) is 11.4 Å². The first-order valence-electron chi connectivity index (χ1n) is 4.82. The van der Waals surface area contributed by atoms with E-state index in [0.717, 1.165) is 17.5 Å². The molecule has 18 heavy (non-hydrogen) atoms. The van der Waals surface area contributed by atoms with Crippen LogP contribution in [0.5, 0.6) is 0 Å². The van der Waals surface area contributed by atoms with Crippen molar-refractivity contribution >= 4 is 22.3 Å². The van der Waals surface area contributed by atoms with Crippen molar-refractivity contribution in [2.24, 2.45) is 0 Å². The molecule has 0 atom stereocenters. The molecule has 0 aliphatic heterocycles. The molecule has 94 valence electrons. The molecular weight excluding hydrogens is 260 g/mol. The molecule has 0 bridgehead atoms. The zero-order chi connectivity index (χ0) is 13.4. The average molecular weight is 268 g/mol. The molecule has 9 heteroatoms. The predicted octanol–water partition coefficient (Wildman–Crippen LogP) is 1.55. The van der Waals surface area contributed by atoms with Gasteiger partial charge in [0.15, 0.2) is 0 Å². The number of nitrogens with zero attached hydrogens (tertiary/aromatic N) is 4. The summed E-state index contributed by atoms with van der Waals surface area (Å²) in [6, 6.07) is 0. The minimum atomic E-state index is -1.08. The Kier molecular flexibility index (Phi) is 2.83. The molecule has 2 heterocycles. The van der Waals surface area contributed by atoms with Crippen LogP contribution < -0.4 is 0 Å². The Morgan fingerprint density at radius 3 is 2.67 bits per heavy atom. The van der Waals surface area contributed by atoms with Crippen LogP contribution in [0.1, 0.15) is 21.7 Å². The maximum Gasteiger partial charge on any atom is 0.345 e. The van der Waals surface area contributed by atoms with Gasteiger partial charge in [0.2, 0.25) is 5.13 Å². The van der Waals surface area contributed by atoms with Crippen LogP contribution in [0.2, 0.25) is 0 Å². The third kappa shape index (κ3) is 1.84. The van der Waals surface area contributed by atoms with Crippen LogP contribution in [-0.4, -0.2) is 30.8 Å². The van der Waals surface area contributed by atoms with E-state index in [1.165, 1.54) is 4.68 Å². The molecular formula is C9H8N4O4S. The molecule has 0 radical (unpaired) electrons. The number of carbonyl (C=O) groups is 1. The molecule has 0 aromatic carbocycles. The second-order valence-electron chi connectivity index (χ2n) is 3.50. The lowest BCUT2D eigenvalue weighted by atomic mass is 10.2. The number of thiazole rings is 1. The van der Waals surface area contributed by atoms with Gasteiger partial charge in [-0.15, -0.1) is 0 Å². The van der Waals surface area contributed by atoms with Gasteiger partial charge in [0.1, 0.15) is 11.8 Å². The number of aryl methyl sites for hydroxylation is 1. The Labute approximate surface area is 105 Å². The van der Waals surface area contributed by atoms with E-state index in [1.807, 2.05) is 0 Å². The molecule has 8 nitrogen and oxygen atoms in total. The predicted molar refractivity (Wildman–Crippen MR) is 62.3 cm³/mol. The van der Waals surface area contributed by atoms with Gasteiger partial charge in [-0.25, -0.2) is 14.5 Å². The third-order valence-corrected chi connectivity index (χ3v) is 3.27. The Morgan fingerprint density at radius 2 is 2.22 bits per heavy atom. The van der Waals surface area contributed by atoms with Gasteiger partial charge in [0.25, 0.3) is 0 Å². The van der Waals surface area contributed by atoms with Crippen LogP contribution in [0.3, 0.4) is 0 Å². The fraction of sp³-hybridized carbons (Fsp3) is 0.222. The molecule has 2 aromatic heterocycles. The molecule has 0 unspecified atom stereocenters. The highest BCUT2D eigenvalue weighted by molar-refractivity contribution is 7.17. The van der Waals surface area contributed by atoms with E-state index in [-0.39, 0.29) is 15.7 Å². The quantitative estimate of drug-likeness (QED) is 0.667. The molecule has 2 aromatic rings. The summed E-state index contributed by atoms with van der Waals surface area (Å²) in [5.74, 6) is -1.08. The van der Waals surface area contributed by atoms with Crippen molar-refractivity contribution in [3.05, 3.63) is 33.3 Å².